The lowest BCUT2D eigenvalue weighted by Gasteiger charge is -2.39. The van der Waals surface area contributed by atoms with Crippen molar-refractivity contribution in [3.05, 3.63) is 47.6 Å². The van der Waals surface area contributed by atoms with Gasteiger partial charge in [0.25, 0.3) is 0 Å². The van der Waals surface area contributed by atoms with Gasteiger partial charge in [0, 0.05) is 23.8 Å². The Morgan fingerprint density at radius 2 is 2.17 bits per heavy atom. The van der Waals surface area contributed by atoms with Crippen LogP contribution in [0.1, 0.15) is 18.4 Å². The smallest absolute Gasteiger partial charge is 0.213 e. The van der Waals surface area contributed by atoms with E-state index in [0.717, 1.165) is 29.0 Å². The summed E-state index contributed by atoms with van der Waals surface area (Å²) in [5.41, 5.74) is 1.75. The molecule has 2 aliphatic heterocycles. The molecule has 0 fully saturated rings. The lowest BCUT2D eigenvalue weighted by molar-refractivity contribution is -0.128. The number of aliphatic imine (C=N–C) groups is 1. The Kier molecular flexibility index (Phi) is 1.74. The van der Waals surface area contributed by atoms with Crippen LogP contribution >= 0.6 is 0 Å². The Hall–Kier alpha value is -2.16. The van der Waals surface area contributed by atoms with Crippen LogP contribution in [0.5, 0.6) is 5.75 Å². The fraction of sp³-hybridized carbons (Fsp3) is 0.200. The van der Waals surface area contributed by atoms with Crippen molar-refractivity contribution >= 4 is 17.7 Å². The first-order valence-electron chi connectivity index (χ1n) is 6.09. The molecule has 3 nitrogen and oxygen atoms in total. The molecule has 2 heterocycles. The molecule has 0 saturated heterocycles. The van der Waals surface area contributed by atoms with E-state index in [1.54, 1.807) is 6.21 Å². The van der Waals surface area contributed by atoms with Gasteiger partial charge in [0.05, 0.1) is 5.70 Å². The number of benzene rings is 1. The van der Waals surface area contributed by atoms with Crippen LogP contribution in [0.4, 0.5) is 0 Å². The van der Waals surface area contributed by atoms with Crippen molar-refractivity contribution in [1.82, 2.24) is 0 Å². The number of para-hydroxylation sites is 1. The van der Waals surface area contributed by atoms with Crippen molar-refractivity contribution in [2.24, 2.45) is 4.99 Å². The van der Waals surface area contributed by atoms with Gasteiger partial charge < -0.3 is 4.74 Å². The van der Waals surface area contributed by atoms with Gasteiger partial charge in [-0.3, -0.25) is 9.79 Å². The summed E-state index contributed by atoms with van der Waals surface area (Å²) < 4.78 is 6.02. The normalized spacial score (nSPS) is 27.7. The van der Waals surface area contributed by atoms with Crippen LogP contribution in [0.25, 0.3) is 5.70 Å². The van der Waals surface area contributed by atoms with Crippen molar-refractivity contribution in [2.45, 2.75) is 18.4 Å². The van der Waals surface area contributed by atoms with E-state index in [1.807, 2.05) is 36.4 Å². The standard InChI is InChI=1S/C15H11NO2/c17-14-7-3-4-10-9-16-12-8-15(10,14)18-13-6-2-1-5-11(12)13/h1-2,4-6,8-9H,3,7H2. The summed E-state index contributed by atoms with van der Waals surface area (Å²) in [6.07, 6.45) is 6.98. The highest BCUT2D eigenvalue weighted by molar-refractivity contribution is 6.08. The maximum absolute atomic E-state index is 12.3. The molecule has 0 amide bonds. The van der Waals surface area contributed by atoms with Crippen LogP contribution < -0.4 is 4.74 Å². The van der Waals surface area contributed by atoms with Crippen LogP contribution in [0.3, 0.4) is 0 Å². The average molecular weight is 237 g/mol. The Morgan fingerprint density at radius 1 is 1.28 bits per heavy atom. The van der Waals surface area contributed by atoms with Gasteiger partial charge in [-0.15, -0.1) is 0 Å². The molecule has 88 valence electrons. The van der Waals surface area contributed by atoms with E-state index in [4.69, 9.17) is 4.74 Å². The Morgan fingerprint density at radius 3 is 3.11 bits per heavy atom. The number of fused-ring (bicyclic) bond motifs is 2. The van der Waals surface area contributed by atoms with Crippen molar-refractivity contribution in [3.8, 4) is 5.75 Å². The van der Waals surface area contributed by atoms with Crippen LogP contribution in [-0.2, 0) is 4.79 Å². The number of nitrogens with zero attached hydrogens (tertiary/aromatic N) is 1. The van der Waals surface area contributed by atoms with E-state index in [-0.39, 0.29) is 5.78 Å². The number of Topliss-reactive ketones (excluding diaryl/α,β-unsaturated/α-hetero) is 1. The maximum atomic E-state index is 12.3. The minimum absolute atomic E-state index is 0.123. The molecule has 3 aliphatic rings. The predicted octanol–water partition coefficient (Wildman–Crippen LogP) is 2.53. The van der Waals surface area contributed by atoms with E-state index in [0.29, 0.717) is 6.42 Å². The minimum Gasteiger partial charge on any atom is -0.470 e. The molecule has 1 aromatic carbocycles. The Labute approximate surface area is 104 Å². The zero-order valence-corrected chi connectivity index (χ0v) is 9.72. The summed E-state index contributed by atoms with van der Waals surface area (Å²) >= 11 is 0. The number of hydrogen-bond acceptors (Lipinski definition) is 3. The first-order valence-corrected chi connectivity index (χ1v) is 6.09. The number of ketones is 1. The summed E-state index contributed by atoms with van der Waals surface area (Å²) in [7, 11) is 0. The molecule has 4 rings (SSSR count). The van der Waals surface area contributed by atoms with Crippen LogP contribution in [0.15, 0.2) is 47.0 Å². The van der Waals surface area contributed by atoms with E-state index >= 15 is 0 Å². The summed E-state index contributed by atoms with van der Waals surface area (Å²) in [4.78, 5) is 16.7. The average Bonchev–Trinajstić information content (AvgIpc) is 2.40. The third kappa shape index (κ3) is 1.09. The summed E-state index contributed by atoms with van der Waals surface area (Å²) in [6, 6.07) is 7.72. The molecular weight excluding hydrogens is 226 g/mol. The minimum atomic E-state index is -0.913. The number of allylic oxidation sites excluding steroid dienone is 1. The van der Waals surface area contributed by atoms with E-state index < -0.39 is 5.60 Å². The van der Waals surface area contributed by atoms with Gasteiger partial charge in [-0.2, -0.15) is 0 Å². The predicted molar refractivity (Wildman–Crippen MR) is 68.6 cm³/mol. The molecule has 1 aromatic rings. The number of hydrogen-bond donors (Lipinski definition) is 0. The van der Waals surface area contributed by atoms with Crippen molar-refractivity contribution < 1.29 is 9.53 Å². The third-order valence-electron chi connectivity index (χ3n) is 3.70. The second-order valence-corrected chi connectivity index (χ2v) is 4.74. The lowest BCUT2D eigenvalue weighted by atomic mass is 9.78. The first-order chi connectivity index (χ1) is 8.79. The SMILES string of the molecule is O=C1CCC=C2C=NC3=CC12Oc1ccccc13. The second kappa shape index (κ2) is 3.19. The van der Waals surface area contributed by atoms with Gasteiger partial charge in [0.15, 0.2) is 5.78 Å². The van der Waals surface area contributed by atoms with Gasteiger partial charge >= 0.3 is 0 Å². The molecule has 1 spiro atoms. The van der Waals surface area contributed by atoms with Gasteiger partial charge in [-0.05, 0) is 24.6 Å². The highest BCUT2D eigenvalue weighted by atomic mass is 16.5. The molecule has 0 aromatic heterocycles. The third-order valence-corrected chi connectivity index (χ3v) is 3.70. The highest BCUT2D eigenvalue weighted by Gasteiger charge is 2.47. The fourth-order valence-electron chi connectivity index (χ4n) is 2.77. The Balaban J connectivity index is 1.99. The maximum Gasteiger partial charge on any atom is 0.213 e. The zero-order valence-electron chi connectivity index (χ0n) is 9.72. The topological polar surface area (TPSA) is 38.7 Å². The summed E-state index contributed by atoms with van der Waals surface area (Å²) in [5.74, 6) is 0.867. The van der Waals surface area contributed by atoms with Crippen molar-refractivity contribution in [3.63, 3.8) is 0 Å². The molecule has 18 heavy (non-hydrogen) atoms. The molecule has 3 heteroatoms. The van der Waals surface area contributed by atoms with E-state index in [1.165, 1.54) is 0 Å². The number of rotatable bonds is 0. The Bertz CT molecular complexity index is 654. The van der Waals surface area contributed by atoms with Crippen LogP contribution in [0, 0.1) is 0 Å². The van der Waals surface area contributed by atoms with E-state index in [9.17, 15) is 4.79 Å². The van der Waals surface area contributed by atoms with E-state index in [2.05, 4.69) is 4.99 Å². The number of ether oxygens (including phenoxy) is 1. The highest BCUT2D eigenvalue weighted by Crippen LogP contribution is 2.44. The molecule has 0 N–H and O–H groups in total. The van der Waals surface area contributed by atoms with Gasteiger partial charge in [-0.1, -0.05) is 18.2 Å². The summed E-state index contributed by atoms with van der Waals surface area (Å²) in [6.45, 7) is 0. The fourth-order valence-corrected chi connectivity index (χ4v) is 2.77. The van der Waals surface area contributed by atoms with Gasteiger partial charge in [0.1, 0.15) is 5.75 Å². The molecule has 0 saturated carbocycles. The number of carbonyl (C=O) groups excluding carboxylic acids is 1. The quantitative estimate of drug-likeness (QED) is 0.695. The lowest BCUT2D eigenvalue weighted by Crippen LogP contribution is -2.49. The van der Waals surface area contributed by atoms with Crippen LogP contribution in [-0.4, -0.2) is 17.6 Å². The number of carbonyl (C=O) groups is 1. The molecular formula is C15H11NO2. The first kappa shape index (κ1) is 9.83. The summed E-state index contributed by atoms with van der Waals surface area (Å²) in [5, 5.41) is 0. The van der Waals surface area contributed by atoms with Crippen molar-refractivity contribution in [1.29, 1.82) is 0 Å². The molecule has 1 aliphatic carbocycles. The zero-order chi connectivity index (χ0) is 12.2. The largest absolute Gasteiger partial charge is 0.470 e. The van der Waals surface area contributed by atoms with Gasteiger partial charge in [-0.25, -0.2) is 0 Å². The molecule has 0 radical (unpaired) electrons. The monoisotopic (exact) mass is 237 g/mol. The van der Waals surface area contributed by atoms with Crippen molar-refractivity contribution in [2.75, 3.05) is 0 Å². The van der Waals surface area contributed by atoms with Crippen LogP contribution in [0.2, 0.25) is 0 Å². The molecule has 2 bridgehead atoms. The second-order valence-electron chi connectivity index (χ2n) is 4.74. The molecule has 1 unspecified atom stereocenters. The molecule has 1 atom stereocenters. The van der Waals surface area contributed by atoms with Gasteiger partial charge in [0.2, 0.25) is 5.60 Å².